The molecule has 2 nitrogen and oxygen atoms in total. The second kappa shape index (κ2) is 9.91. The third-order valence-corrected chi connectivity index (χ3v) is 0.556. The van der Waals surface area contributed by atoms with E-state index in [1.54, 1.807) is 0 Å². The molecule has 1 aromatic rings. The Morgan fingerprint density at radius 3 is 1.38 bits per heavy atom. The van der Waals surface area contributed by atoms with Gasteiger partial charge in [-0.2, -0.15) is 18.2 Å². The van der Waals surface area contributed by atoms with Gasteiger partial charge in [0.15, 0.2) is 0 Å². The molecular formula is C5H9CoO2-. The molecule has 1 rings (SSSR count). The zero-order chi connectivity index (χ0) is 3.54. The Labute approximate surface area is 58.7 Å². The van der Waals surface area contributed by atoms with Crippen molar-refractivity contribution in [2.45, 2.75) is 0 Å². The Kier molecular flexibility index (Phi) is 19.4. The van der Waals surface area contributed by atoms with Crippen LogP contribution >= 0.6 is 0 Å². The topological polar surface area (TPSA) is 63.0 Å². The second-order valence-electron chi connectivity index (χ2n) is 0.962. The van der Waals surface area contributed by atoms with Gasteiger partial charge in [-0.1, -0.05) is 0 Å². The van der Waals surface area contributed by atoms with Crippen molar-refractivity contribution in [3.8, 4) is 0 Å². The normalized spacial score (nSPS) is 5.00. The summed E-state index contributed by atoms with van der Waals surface area (Å²) in [6.45, 7) is 0. The first-order valence-corrected chi connectivity index (χ1v) is 1.67. The van der Waals surface area contributed by atoms with Crippen LogP contribution < -0.4 is 0 Å². The molecule has 1 aromatic carbocycles. The Hall–Kier alpha value is -0.224. The second-order valence-corrected chi connectivity index (χ2v) is 0.962. The molecule has 0 aromatic heterocycles. The van der Waals surface area contributed by atoms with Gasteiger partial charge in [0.25, 0.3) is 0 Å². The fourth-order valence-corrected chi connectivity index (χ4v) is 0.321. The zero-order valence-electron chi connectivity index (χ0n) is 4.22. The molecule has 51 valence electrons. The molecule has 0 fully saturated rings. The van der Waals surface area contributed by atoms with Crippen molar-refractivity contribution in [3.63, 3.8) is 0 Å². The van der Waals surface area contributed by atoms with Gasteiger partial charge < -0.3 is 11.0 Å². The maximum absolute atomic E-state index is 2.00. The van der Waals surface area contributed by atoms with Gasteiger partial charge in [0.2, 0.25) is 0 Å². The van der Waals surface area contributed by atoms with E-state index in [-0.39, 0.29) is 27.7 Å². The molecule has 0 amide bonds. The molecule has 0 atom stereocenters. The van der Waals surface area contributed by atoms with Crippen molar-refractivity contribution < 1.29 is 27.7 Å². The third kappa shape index (κ3) is 5.78. The average Bonchev–Trinajstić information content (AvgIpc) is 1.76. The minimum absolute atomic E-state index is 0. The van der Waals surface area contributed by atoms with Crippen LogP contribution in [0, 0.1) is 0 Å². The molecule has 4 N–H and O–H groups in total. The van der Waals surface area contributed by atoms with E-state index in [1.165, 1.54) is 0 Å². The van der Waals surface area contributed by atoms with Crippen molar-refractivity contribution in [2.75, 3.05) is 0 Å². The molecule has 0 spiro atoms. The molecule has 8 heavy (non-hydrogen) atoms. The first-order chi connectivity index (χ1) is 2.50. The molecule has 0 heterocycles. The van der Waals surface area contributed by atoms with Crippen LogP contribution in [0.1, 0.15) is 0 Å². The van der Waals surface area contributed by atoms with Gasteiger partial charge in [-0.05, 0) is 0 Å². The molecule has 0 aliphatic heterocycles. The third-order valence-electron chi connectivity index (χ3n) is 0.556. The molecule has 0 saturated heterocycles. The monoisotopic (exact) mass is 160 g/mol. The largest absolute Gasteiger partial charge is 0.412 e. The summed E-state index contributed by atoms with van der Waals surface area (Å²) in [4.78, 5) is 0. The minimum Gasteiger partial charge on any atom is -0.412 e. The zero-order valence-corrected chi connectivity index (χ0v) is 5.26. The van der Waals surface area contributed by atoms with Crippen molar-refractivity contribution in [1.82, 2.24) is 0 Å². The van der Waals surface area contributed by atoms with Crippen molar-refractivity contribution in [1.29, 1.82) is 0 Å². The van der Waals surface area contributed by atoms with Crippen LogP contribution in [-0.2, 0) is 16.8 Å². The summed E-state index contributed by atoms with van der Waals surface area (Å²) in [6.07, 6.45) is 0. The van der Waals surface area contributed by atoms with E-state index in [2.05, 4.69) is 0 Å². The first kappa shape index (κ1) is 15.7. The summed E-state index contributed by atoms with van der Waals surface area (Å²) in [5.74, 6) is 0. The smallest absolute Gasteiger partial charge is 0 e. The van der Waals surface area contributed by atoms with Crippen molar-refractivity contribution >= 4 is 0 Å². The van der Waals surface area contributed by atoms with E-state index in [0.29, 0.717) is 0 Å². The van der Waals surface area contributed by atoms with Gasteiger partial charge in [-0.15, -0.1) is 0 Å². The molecule has 0 unspecified atom stereocenters. The SMILES string of the molecule is O.O.[Co].c1cc[cH-]c1. The van der Waals surface area contributed by atoms with Crippen LogP contribution in [0.4, 0.5) is 0 Å². The van der Waals surface area contributed by atoms with Crippen LogP contribution in [0.5, 0.6) is 0 Å². The predicted octanol–water partition coefficient (Wildman–Crippen LogP) is -0.246. The van der Waals surface area contributed by atoms with Gasteiger partial charge in [-0.25, -0.2) is 12.1 Å². The summed E-state index contributed by atoms with van der Waals surface area (Å²) in [6, 6.07) is 10.0. The number of rotatable bonds is 0. The Balaban J connectivity index is -0.0000000833. The van der Waals surface area contributed by atoms with Crippen molar-refractivity contribution in [3.05, 3.63) is 30.3 Å². The first-order valence-electron chi connectivity index (χ1n) is 1.67. The number of hydrogen-bond donors (Lipinski definition) is 0. The average molecular weight is 160 g/mol. The fourth-order valence-electron chi connectivity index (χ4n) is 0.321. The van der Waals surface area contributed by atoms with E-state index >= 15 is 0 Å². The van der Waals surface area contributed by atoms with E-state index < -0.39 is 0 Å². The maximum atomic E-state index is 2.00. The van der Waals surface area contributed by atoms with Crippen LogP contribution in [-0.4, -0.2) is 11.0 Å². The Bertz CT molecular complexity index is 66.9. The van der Waals surface area contributed by atoms with E-state index in [4.69, 9.17) is 0 Å². The maximum Gasteiger partial charge on any atom is 0 e. The van der Waals surface area contributed by atoms with Gasteiger partial charge >= 0.3 is 0 Å². The summed E-state index contributed by atoms with van der Waals surface area (Å²) in [5, 5.41) is 0. The molecule has 3 heteroatoms. The summed E-state index contributed by atoms with van der Waals surface area (Å²) in [5.41, 5.74) is 0. The summed E-state index contributed by atoms with van der Waals surface area (Å²) < 4.78 is 0. The van der Waals surface area contributed by atoms with Gasteiger partial charge in [-0.3, -0.25) is 0 Å². The standard InChI is InChI=1S/C5H5.Co.2H2O/c1-2-4-5-3-1;;;/h1-5H;;2*1H2/q-1;;;. The number of hydrogen-bond acceptors (Lipinski definition) is 0. The summed E-state index contributed by atoms with van der Waals surface area (Å²) in [7, 11) is 0. The minimum atomic E-state index is 0. The fraction of sp³-hybridized carbons (Fsp3) is 0. The van der Waals surface area contributed by atoms with Crippen LogP contribution in [0.2, 0.25) is 0 Å². The Morgan fingerprint density at radius 2 is 1.25 bits per heavy atom. The molecule has 0 bridgehead atoms. The Morgan fingerprint density at radius 1 is 0.875 bits per heavy atom. The van der Waals surface area contributed by atoms with Crippen LogP contribution in [0.3, 0.4) is 0 Å². The molecule has 1 radical (unpaired) electrons. The van der Waals surface area contributed by atoms with E-state index in [9.17, 15) is 0 Å². The van der Waals surface area contributed by atoms with Crippen molar-refractivity contribution in [2.24, 2.45) is 0 Å². The van der Waals surface area contributed by atoms with Gasteiger partial charge in [0, 0.05) is 16.8 Å². The summed E-state index contributed by atoms with van der Waals surface area (Å²) >= 11 is 0. The molecule has 0 aliphatic rings. The van der Waals surface area contributed by atoms with E-state index in [1.807, 2.05) is 30.3 Å². The predicted molar refractivity (Wildman–Crippen MR) is 29.3 cm³/mol. The molecule has 0 saturated carbocycles. The van der Waals surface area contributed by atoms with Crippen LogP contribution in [0.15, 0.2) is 30.3 Å². The van der Waals surface area contributed by atoms with Gasteiger partial charge in [0.1, 0.15) is 0 Å². The van der Waals surface area contributed by atoms with Gasteiger partial charge in [0.05, 0.1) is 0 Å². The quantitative estimate of drug-likeness (QED) is 0.470. The van der Waals surface area contributed by atoms with Crippen LogP contribution in [0.25, 0.3) is 0 Å². The molecular weight excluding hydrogens is 151 g/mol. The van der Waals surface area contributed by atoms with E-state index in [0.717, 1.165) is 0 Å². The molecule has 0 aliphatic carbocycles.